The molecule has 2 atom stereocenters. The standard InChI is InChI=1S/C18H24N4O3/c1-21-10-14(9-19-21)25-17-12-24-11-15(17)20-18(23)16-7-4-8-22(16)13-5-2-3-6-13/h4,7-10,13,15,17H,2-3,5-6,11-12H2,1H3,(H,20,23)/t15-,17+/m0/s1. The summed E-state index contributed by atoms with van der Waals surface area (Å²) in [5.74, 6) is 0.624. The minimum absolute atomic E-state index is 0.0628. The SMILES string of the molecule is Cn1cc(O[C@@H]2COC[C@@H]2NC(=O)c2cccn2C2CCCC2)cn1. The first kappa shape index (κ1) is 16.2. The first-order valence-corrected chi connectivity index (χ1v) is 8.91. The van der Waals surface area contributed by atoms with Gasteiger partial charge in [-0.15, -0.1) is 0 Å². The zero-order chi connectivity index (χ0) is 17.2. The van der Waals surface area contributed by atoms with E-state index >= 15 is 0 Å². The summed E-state index contributed by atoms with van der Waals surface area (Å²) in [5.41, 5.74) is 0.721. The molecule has 2 fully saturated rings. The van der Waals surface area contributed by atoms with Crippen molar-refractivity contribution in [2.75, 3.05) is 13.2 Å². The monoisotopic (exact) mass is 344 g/mol. The Morgan fingerprint density at radius 3 is 2.96 bits per heavy atom. The molecule has 7 heteroatoms. The van der Waals surface area contributed by atoms with Crippen molar-refractivity contribution in [3.8, 4) is 5.75 Å². The summed E-state index contributed by atoms with van der Waals surface area (Å²) >= 11 is 0. The number of ether oxygens (including phenoxy) is 2. The van der Waals surface area contributed by atoms with Crippen LogP contribution in [-0.4, -0.2) is 45.6 Å². The zero-order valence-electron chi connectivity index (χ0n) is 14.4. The molecule has 134 valence electrons. The summed E-state index contributed by atoms with van der Waals surface area (Å²) in [6, 6.07) is 4.11. The van der Waals surface area contributed by atoms with E-state index in [-0.39, 0.29) is 18.1 Å². The summed E-state index contributed by atoms with van der Waals surface area (Å²) in [4.78, 5) is 12.8. The highest BCUT2D eigenvalue weighted by molar-refractivity contribution is 5.93. The molecular weight excluding hydrogens is 320 g/mol. The number of aromatic nitrogens is 3. The van der Waals surface area contributed by atoms with Crippen molar-refractivity contribution in [2.24, 2.45) is 7.05 Å². The van der Waals surface area contributed by atoms with Crippen LogP contribution in [-0.2, 0) is 11.8 Å². The number of carbonyl (C=O) groups excluding carboxylic acids is 1. The molecule has 2 aliphatic rings. The van der Waals surface area contributed by atoms with Gasteiger partial charge in [-0.3, -0.25) is 9.48 Å². The Hall–Kier alpha value is -2.28. The Morgan fingerprint density at radius 1 is 1.36 bits per heavy atom. The van der Waals surface area contributed by atoms with Crippen LogP contribution in [0.2, 0.25) is 0 Å². The number of hydrogen-bond donors (Lipinski definition) is 1. The van der Waals surface area contributed by atoms with Crippen molar-refractivity contribution in [1.82, 2.24) is 19.7 Å². The van der Waals surface area contributed by atoms with E-state index in [9.17, 15) is 4.79 Å². The quantitative estimate of drug-likeness (QED) is 0.899. The van der Waals surface area contributed by atoms with E-state index < -0.39 is 0 Å². The van der Waals surface area contributed by atoms with Crippen LogP contribution in [0.1, 0.15) is 42.2 Å². The van der Waals surface area contributed by atoms with E-state index in [1.54, 1.807) is 10.9 Å². The summed E-state index contributed by atoms with van der Waals surface area (Å²) < 4.78 is 15.3. The normalized spacial score (nSPS) is 23.9. The molecule has 1 aliphatic heterocycles. The van der Waals surface area contributed by atoms with Crippen LogP contribution in [0.5, 0.6) is 5.75 Å². The van der Waals surface area contributed by atoms with Gasteiger partial charge >= 0.3 is 0 Å². The van der Waals surface area contributed by atoms with Gasteiger partial charge < -0.3 is 19.4 Å². The largest absolute Gasteiger partial charge is 0.482 e. The molecule has 0 spiro atoms. The maximum Gasteiger partial charge on any atom is 0.268 e. The van der Waals surface area contributed by atoms with Crippen LogP contribution in [0.15, 0.2) is 30.7 Å². The lowest BCUT2D eigenvalue weighted by atomic mass is 10.2. The second kappa shape index (κ2) is 6.92. The molecule has 1 N–H and O–H groups in total. The molecular formula is C18H24N4O3. The van der Waals surface area contributed by atoms with E-state index in [0.717, 1.165) is 18.5 Å². The predicted molar refractivity (Wildman–Crippen MR) is 91.6 cm³/mol. The highest BCUT2D eigenvalue weighted by atomic mass is 16.5. The molecule has 4 rings (SSSR count). The van der Waals surface area contributed by atoms with Crippen LogP contribution in [0, 0.1) is 0 Å². The van der Waals surface area contributed by atoms with E-state index in [2.05, 4.69) is 15.0 Å². The molecule has 3 heterocycles. The fourth-order valence-corrected chi connectivity index (χ4v) is 3.75. The third kappa shape index (κ3) is 3.42. The molecule has 0 bridgehead atoms. The fourth-order valence-electron chi connectivity index (χ4n) is 3.75. The van der Waals surface area contributed by atoms with Gasteiger partial charge in [-0.05, 0) is 25.0 Å². The van der Waals surface area contributed by atoms with Crippen LogP contribution >= 0.6 is 0 Å². The number of rotatable bonds is 5. The second-order valence-electron chi connectivity index (χ2n) is 6.86. The van der Waals surface area contributed by atoms with Gasteiger partial charge in [0.15, 0.2) is 5.75 Å². The molecule has 25 heavy (non-hydrogen) atoms. The third-order valence-corrected chi connectivity index (χ3v) is 5.04. The molecule has 1 saturated carbocycles. The van der Waals surface area contributed by atoms with E-state index in [0.29, 0.717) is 25.0 Å². The van der Waals surface area contributed by atoms with Gasteiger partial charge in [0.25, 0.3) is 5.91 Å². The van der Waals surface area contributed by atoms with Gasteiger partial charge in [0.05, 0.1) is 31.6 Å². The van der Waals surface area contributed by atoms with Crippen molar-refractivity contribution < 1.29 is 14.3 Å². The molecule has 1 amide bonds. The third-order valence-electron chi connectivity index (χ3n) is 5.04. The molecule has 1 saturated heterocycles. The van der Waals surface area contributed by atoms with Gasteiger partial charge in [0.2, 0.25) is 0 Å². The summed E-state index contributed by atoms with van der Waals surface area (Å²) in [5, 5.41) is 7.19. The first-order chi connectivity index (χ1) is 12.2. The highest BCUT2D eigenvalue weighted by Gasteiger charge is 2.33. The Bertz CT molecular complexity index is 732. The molecule has 2 aromatic rings. The van der Waals surface area contributed by atoms with Crippen molar-refractivity contribution in [3.63, 3.8) is 0 Å². The van der Waals surface area contributed by atoms with Crippen LogP contribution in [0.4, 0.5) is 0 Å². The molecule has 7 nitrogen and oxygen atoms in total. The topological polar surface area (TPSA) is 70.3 Å². The molecule has 0 unspecified atom stereocenters. The second-order valence-corrected chi connectivity index (χ2v) is 6.86. The van der Waals surface area contributed by atoms with Gasteiger partial charge in [-0.25, -0.2) is 0 Å². The smallest absolute Gasteiger partial charge is 0.268 e. The van der Waals surface area contributed by atoms with Crippen molar-refractivity contribution in [2.45, 2.75) is 43.9 Å². The molecule has 0 aromatic carbocycles. The lowest BCUT2D eigenvalue weighted by Crippen LogP contribution is -2.45. The maximum atomic E-state index is 12.8. The predicted octanol–water partition coefficient (Wildman–Crippen LogP) is 1.91. The average molecular weight is 344 g/mol. The Kier molecular flexibility index (Phi) is 4.48. The first-order valence-electron chi connectivity index (χ1n) is 8.91. The maximum absolute atomic E-state index is 12.8. The minimum atomic E-state index is -0.206. The fraction of sp³-hybridized carbons (Fsp3) is 0.556. The lowest BCUT2D eigenvalue weighted by molar-refractivity contribution is 0.0892. The van der Waals surface area contributed by atoms with Crippen molar-refractivity contribution in [1.29, 1.82) is 0 Å². The molecule has 1 aliphatic carbocycles. The number of nitrogens with one attached hydrogen (secondary N) is 1. The number of carbonyl (C=O) groups is 1. The van der Waals surface area contributed by atoms with E-state index in [1.807, 2.05) is 31.6 Å². The van der Waals surface area contributed by atoms with E-state index in [4.69, 9.17) is 9.47 Å². The number of hydrogen-bond acceptors (Lipinski definition) is 4. The summed E-state index contributed by atoms with van der Waals surface area (Å²) in [7, 11) is 1.84. The van der Waals surface area contributed by atoms with Gasteiger partial charge in [-0.1, -0.05) is 12.8 Å². The summed E-state index contributed by atoms with van der Waals surface area (Å²) in [6.45, 7) is 0.921. The molecule has 2 aromatic heterocycles. The van der Waals surface area contributed by atoms with Crippen molar-refractivity contribution in [3.05, 3.63) is 36.4 Å². The molecule has 0 radical (unpaired) electrons. The Labute approximate surface area is 146 Å². The number of amides is 1. The van der Waals surface area contributed by atoms with E-state index in [1.165, 1.54) is 12.8 Å². The lowest BCUT2D eigenvalue weighted by Gasteiger charge is -2.21. The average Bonchev–Trinajstić information content (AvgIpc) is 3.34. The van der Waals surface area contributed by atoms with Crippen LogP contribution in [0.25, 0.3) is 0 Å². The Balaban J connectivity index is 1.42. The highest BCUT2D eigenvalue weighted by Crippen LogP contribution is 2.30. The van der Waals surface area contributed by atoms with Gasteiger partial charge in [0.1, 0.15) is 11.8 Å². The zero-order valence-corrected chi connectivity index (χ0v) is 14.4. The number of nitrogens with zero attached hydrogens (tertiary/aromatic N) is 3. The van der Waals surface area contributed by atoms with Crippen molar-refractivity contribution >= 4 is 5.91 Å². The van der Waals surface area contributed by atoms with Crippen LogP contribution < -0.4 is 10.1 Å². The number of aryl methyl sites for hydroxylation is 1. The minimum Gasteiger partial charge on any atom is -0.482 e. The van der Waals surface area contributed by atoms with Crippen LogP contribution in [0.3, 0.4) is 0 Å². The van der Waals surface area contributed by atoms with Gasteiger partial charge in [0, 0.05) is 19.3 Å². The summed E-state index contributed by atoms with van der Waals surface area (Å²) in [6.07, 6.45) is 10.1. The van der Waals surface area contributed by atoms with Gasteiger partial charge in [-0.2, -0.15) is 5.10 Å². The Morgan fingerprint density at radius 2 is 2.20 bits per heavy atom.